The molecule has 1 unspecified atom stereocenters. The number of hydrogen-bond acceptors (Lipinski definition) is 2. The first-order valence-electron chi connectivity index (χ1n) is 6.80. The number of nitrogens with one attached hydrogen (secondary N) is 1. The topological polar surface area (TPSA) is 38.3 Å². The maximum atomic E-state index is 11.6. The summed E-state index contributed by atoms with van der Waals surface area (Å²) in [6.07, 6.45) is 9.49. The van der Waals surface area contributed by atoms with Crippen molar-refractivity contribution in [1.29, 1.82) is 0 Å². The van der Waals surface area contributed by atoms with Crippen LogP contribution in [-0.4, -0.2) is 18.7 Å². The minimum atomic E-state index is -0.251. The lowest BCUT2D eigenvalue weighted by atomic mass is 9.96. The summed E-state index contributed by atoms with van der Waals surface area (Å²) in [4.78, 5) is 11.6. The molecule has 0 radical (unpaired) electrons. The highest BCUT2D eigenvalue weighted by Gasteiger charge is 2.16. The second kappa shape index (κ2) is 8.15. The monoisotopic (exact) mass is 239 g/mol. The molecule has 1 fully saturated rings. The van der Waals surface area contributed by atoms with Crippen LogP contribution < -0.4 is 5.32 Å². The van der Waals surface area contributed by atoms with Crippen molar-refractivity contribution in [3.05, 3.63) is 12.7 Å². The van der Waals surface area contributed by atoms with Gasteiger partial charge >= 0.3 is 6.09 Å². The minimum Gasteiger partial charge on any atom is -0.449 e. The van der Waals surface area contributed by atoms with Gasteiger partial charge in [-0.05, 0) is 31.6 Å². The van der Waals surface area contributed by atoms with Gasteiger partial charge in [0.05, 0.1) is 6.61 Å². The maximum Gasteiger partial charge on any atom is 0.407 e. The SMILES string of the molecule is C=CCC(CC)COC(=O)NC1CCCCC1. The number of carbonyl (C=O) groups is 1. The van der Waals surface area contributed by atoms with Crippen LogP contribution in [-0.2, 0) is 4.74 Å². The number of rotatable bonds is 6. The molecule has 0 aromatic heterocycles. The third kappa shape index (κ3) is 5.76. The molecule has 0 saturated heterocycles. The van der Waals surface area contributed by atoms with Gasteiger partial charge in [0.15, 0.2) is 0 Å². The third-order valence-electron chi connectivity index (χ3n) is 3.45. The van der Waals surface area contributed by atoms with E-state index in [1.54, 1.807) is 0 Å². The van der Waals surface area contributed by atoms with Crippen molar-refractivity contribution in [2.45, 2.75) is 57.9 Å². The van der Waals surface area contributed by atoms with Crippen LogP contribution in [0.3, 0.4) is 0 Å². The van der Waals surface area contributed by atoms with Crippen molar-refractivity contribution in [3.63, 3.8) is 0 Å². The molecule has 1 aliphatic rings. The Morgan fingerprint density at radius 1 is 1.47 bits per heavy atom. The fourth-order valence-electron chi connectivity index (χ4n) is 2.24. The molecule has 1 amide bonds. The average molecular weight is 239 g/mol. The van der Waals surface area contributed by atoms with Gasteiger partial charge in [-0.25, -0.2) is 4.79 Å². The second-order valence-corrected chi connectivity index (χ2v) is 4.88. The summed E-state index contributed by atoms with van der Waals surface area (Å²) in [5.41, 5.74) is 0. The van der Waals surface area contributed by atoms with Crippen LogP contribution in [0.15, 0.2) is 12.7 Å². The van der Waals surface area contributed by atoms with Gasteiger partial charge in [-0.1, -0.05) is 32.3 Å². The van der Waals surface area contributed by atoms with Crippen molar-refractivity contribution < 1.29 is 9.53 Å². The quantitative estimate of drug-likeness (QED) is 0.718. The molecule has 1 aliphatic carbocycles. The Hall–Kier alpha value is -0.990. The molecule has 1 rings (SSSR count). The normalized spacial score (nSPS) is 18.4. The number of alkyl carbamates (subject to hydrolysis) is 1. The first kappa shape index (κ1) is 14.1. The van der Waals surface area contributed by atoms with Crippen LogP contribution in [0.5, 0.6) is 0 Å². The second-order valence-electron chi connectivity index (χ2n) is 4.88. The van der Waals surface area contributed by atoms with E-state index < -0.39 is 0 Å². The van der Waals surface area contributed by atoms with Gasteiger partial charge in [0.1, 0.15) is 0 Å². The van der Waals surface area contributed by atoms with E-state index in [0.29, 0.717) is 18.6 Å². The minimum absolute atomic E-state index is 0.251. The van der Waals surface area contributed by atoms with E-state index in [-0.39, 0.29) is 6.09 Å². The molecule has 3 nitrogen and oxygen atoms in total. The fourth-order valence-corrected chi connectivity index (χ4v) is 2.24. The van der Waals surface area contributed by atoms with Gasteiger partial charge in [-0.2, -0.15) is 0 Å². The van der Waals surface area contributed by atoms with Crippen molar-refractivity contribution in [2.24, 2.45) is 5.92 Å². The average Bonchev–Trinajstić information content (AvgIpc) is 2.35. The van der Waals surface area contributed by atoms with E-state index in [1.807, 2.05) is 6.08 Å². The molecular formula is C14H25NO2. The number of ether oxygens (including phenoxy) is 1. The molecule has 0 aromatic rings. The third-order valence-corrected chi connectivity index (χ3v) is 3.45. The van der Waals surface area contributed by atoms with Gasteiger partial charge in [-0.3, -0.25) is 0 Å². The Balaban J connectivity index is 2.17. The number of carbonyl (C=O) groups excluding carboxylic acids is 1. The van der Waals surface area contributed by atoms with E-state index >= 15 is 0 Å². The van der Waals surface area contributed by atoms with Gasteiger partial charge in [-0.15, -0.1) is 6.58 Å². The smallest absolute Gasteiger partial charge is 0.407 e. The first-order valence-corrected chi connectivity index (χ1v) is 6.80. The van der Waals surface area contributed by atoms with E-state index in [0.717, 1.165) is 25.7 Å². The Morgan fingerprint density at radius 3 is 2.76 bits per heavy atom. The van der Waals surface area contributed by atoms with E-state index in [1.165, 1.54) is 19.3 Å². The zero-order valence-corrected chi connectivity index (χ0v) is 10.9. The Kier molecular flexibility index (Phi) is 6.75. The predicted molar refractivity (Wildman–Crippen MR) is 70.0 cm³/mol. The molecule has 17 heavy (non-hydrogen) atoms. The molecular weight excluding hydrogens is 214 g/mol. The van der Waals surface area contributed by atoms with Crippen LogP contribution >= 0.6 is 0 Å². The lowest BCUT2D eigenvalue weighted by molar-refractivity contribution is 0.120. The van der Waals surface area contributed by atoms with E-state index in [2.05, 4.69) is 18.8 Å². The van der Waals surface area contributed by atoms with Crippen LogP contribution in [0.1, 0.15) is 51.9 Å². The van der Waals surface area contributed by atoms with Crippen molar-refractivity contribution in [2.75, 3.05) is 6.61 Å². The molecule has 98 valence electrons. The summed E-state index contributed by atoms with van der Waals surface area (Å²) in [5, 5.41) is 2.95. The zero-order chi connectivity index (χ0) is 12.5. The van der Waals surface area contributed by atoms with Crippen LogP contribution in [0.4, 0.5) is 4.79 Å². The maximum absolute atomic E-state index is 11.6. The molecule has 3 heteroatoms. The van der Waals surface area contributed by atoms with Crippen LogP contribution in [0.2, 0.25) is 0 Å². The summed E-state index contributed by atoms with van der Waals surface area (Å²) in [7, 11) is 0. The number of hydrogen-bond donors (Lipinski definition) is 1. The van der Waals surface area contributed by atoms with Crippen molar-refractivity contribution in [3.8, 4) is 0 Å². The summed E-state index contributed by atoms with van der Waals surface area (Å²) in [6, 6.07) is 0.329. The summed E-state index contributed by atoms with van der Waals surface area (Å²) < 4.78 is 5.25. The van der Waals surface area contributed by atoms with Gasteiger partial charge in [0, 0.05) is 6.04 Å². The molecule has 1 atom stereocenters. The Morgan fingerprint density at radius 2 is 2.18 bits per heavy atom. The van der Waals surface area contributed by atoms with Crippen molar-refractivity contribution >= 4 is 6.09 Å². The highest BCUT2D eigenvalue weighted by molar-refractivity contribution is 5.67. The molecule has 0 heterocycles. The van der Waals surface area contributed by atoms with Gasteiger partial charge in [0.25, 0.3) is 0 Å². The molecule has 0 aromatic carbocycles. The summed E-state index contributed by atoms with van der Waals surface area (Å²) in [6.45, 7) is 6.32. The predicted octanol–water partition coefficient (Wildman–Crippen LogP) is 3.65. The molecule has 0 spiro atoms. The van der Waals surface area contributed by atoms with Crippen molar-refractivity contribution in [1.82, 2.24) is 5.32 Å². The Labute approximate surface area is 105 Å². The lowest BCUT2D eigenvalue weighted by Gasteiger charge is -2.23. The number of allylic oxidation sites excluding steroid dienone is 1. The first-order chi connectivity index (χ1) is 8.26. The van der Waals surface area contributed by atoms with Crippen LogP contribution in [0, 0.1) is 5.92 Å². The Bertz CT molecular complexity index is 234. The summed E-state index contributed by atoms with van der Waals surface area (Å²) >= 11 is 0. The summed E-state index contributed by atoms with van der Waals surface area (Å²) in [5.74, 6) is 0.407. The van der Waals surface area contributed by atoms with E-state index in [9.17, 15) is 4.79 Å². The molecule has 1 saturated carbocycles. The van der Waals surface area contributed by atoms with E-state index in [4.69, 9.17) is 4.74 Å². The largest absolute Gasteiger partial charge is 0.449 e. The molecule has 0 bridgehead atoms. The highest BCUT2D eigenvalue weighted by atomic mass is 16.5. The number of amides is 1. The fraction of sp³-hybridized carbons (Fsp3) is 0.786. The highest BCUT2D eigenvalue weighted by Crippen LogP contribution is 2.17. The standard InChI is InChI=1S/C14H25NO2/c1-3-8-12(4-2)11-17-14(16)15-13-9-6-5-7-10-13/h3,12-13H,1,4-11H2,2H3,(H,15,16). The molecule has 0 aliphatic heterocycles. The zero-order valence-electron chi connectivity index (χ0n) is 10.9. The van der Waals surface area contributed by atoms with Gasteiger partial charge in [0.2, 0.25) is 0 Å². The molecule has 1 N–H and O–H groups in total. The van der Waals surface area contributed by atoms with Gasteiger partial charge < -0.3 is 10.1 Å². The van der Waals surface area contributed by atoms with Crippen LogP contribution in [0.25, 0.3) is 0 Å². The lowest BCUT2D eigenvalue weighted by Crippen LogP contribution is -2.37.